The summed E-state index contributed by atoms with van der Waals surface area (Å²) in [6.45, 7) is 5.60. The number of unbranched alkanes of at least 4 members (excludes halogenated alkanes) is 4. The van der Waals surface area contributed by atoms with Gasteiger partial charge in [-0.3, -0.25) is 4.79 Å². The standard InChI is InChI=1S/C27H39N3S2.CH3NO/c1-4-5-6-7-8-19-32-24-12-9-22(10-13-24)25-20-23(11-14-26(25)29(2)31-3)30-18-17-28-27(21-30)15-16-27;2-1-3/h9-14,20,28H,4-8,15-19,21H2,1-3H3;1H,(H2,2,3). The van der Waals surface area contributed by atoms with Crippen LogP contribution in [0.5, 0.6) is 0 Å². The number of carbonyl (C=O) groups excluding carboxylic acids is 1. The lowest BCUT2D eigenvalue weighted by Gasteiger charge is -2.36. The van der Waals surface area contributed by atoms with Gasteiger partial charge in [0.05, 0.1) is 5.69 Å². The Morgan fingerprint density at radius 2 is 1.83 bits per heavy atom. The van der Waals surface area contributed by atoms with E-state index in [0.29, 0.717) is 5.54 Å². The molecule has 0 radical (unpaired) electrons. The minimum Gasteiger partial charge on any atom is -0.372 e. The molecule has 0 atom stereocenters. The first-order valence-electron chi connectivity index (χ1n) is 12.9. The van der Waals surface area contributed by atoms with Gasteiger partial charge in [0.25, 0.3) is 0 Å². The van der Waals surface area contributed by atoms with Gasteiger partial charge in [-0.1, -0.05) is 56.7 Å². The Labute approximate surface area is 220 Å². The average molecular weight is 515 g/mol. The monoisotopic (exact) mass is 514 g/mol. The van der Waals surface area contributed by atoms with Crippen LogP contribution in [0.2, 0.25) is 0 Å². The number of piperazine rings is 1. The third kappa shape index (κ3) is 8.09. The van der Waals surface area contributed by atoms with Crippen molar-refractivity contribution in [2.45, 2.75) is 62.3 Å². The molecule has 7 heteroatoms. The Morgan fingerprint density at radius 1 is 1.11 bits per heavy atom. The van der Waals surface area contributed by atoms with E-state index < -0.39 is 0 Å². The minimum atomic E-state index is 0.250. The van der Waals surface area contributed by atoms with E-state index in [9.17, 15) is 0 Å². The summed E-state index contributed by atoms with van der Waals surface area (Å²) in [5.74, 6) is 1.23. The molecule has 1 saturated heterocycles. The van der Waals surface area contributed by atoms with Crippen molar-refractivity contribution in [3.8, 4) is 11.1 Å². The van der Waals surface area contributed by atoms with Gasteiger partial charge in [0.15, 0.2) is 0 Å². The van der Waals surface area contributed by atoms with Crippen LogP contribution >= 0.6 is 23.7 Å². The Morgan fingerprint density at radius 3 is 2.49 bits per heavy atom. The van der Waals surface area contributed by atoms with Crippen molar-refractivity contribution in [1.82, 2.24) is 5.32 Å². The number of carbonyl (C=O) groups is 1. The lowest BCUT2D eigenvalue weighted by Crippen LogP contribution is -2.52. The highest BCUT2D eigenvalue weighted by atomic mass is 32.2. The molecule has 1 amide bonds. The van der Waals surface area contributed by atoms with E-state index in [1.165, 1.54) is 78.1 Å². The van der Waals surface area contributed by atoms with Crippen LogP contribution in [0.25, 0.3) is 11.1 Å². The predicted octanol–water partition coefficient (Wildman–Crippen LogP) is 6.17. The molecule has 1 saturated carbocycles. The van der Waals surface area contributed by atoms with Crippen molar-refractivity contribution in [3.63, 3.8) is 0 Å². The van der Waals surface area contributed by atoms with Gasteiger partial charge in [0, 0.05) is 54.6 Å². The van der Waals surface area contributed by atoms with E-state index in [1.54, 1.807) is 11.9 Å². The zero-order valence-electron chi connectivity index (χ0n) is 21.6. The second kappa shape index (κ2) is 14.0. The maximum atomic E-state index is 8.58. The number of hydrogen-bond donors (Lipinski definition) is 2. The summed E-state index contributed by atoms with van der Waals surface area (Å²) in [4.78, 5) is 12.6. The fourth-order valence-electron chi connectivity index (χ4n) is 4.61. The normalized spacial score (nSPS) is 15.9. The number of nitrogens with two attached hydrogens (primary N) is 1. The van der Waals surface area contributed by atoms with Gasteiger partial charge in [-0.15, -0.1) is 11.8 Å². The van der Waals surface area contributed by atoms with Gasteiger partial charge in [0.2, 0.25) is 6.41 Å². The predicted molar refractivity (Wildman–Crippen MR) is 156 cm³/mol. The first-order chi connectivity index (χ1) is 17.1. The van der Waals surface area contributed by atoms with E-state index >= 15 is 0 Å². The average Bonchev–Trinajstić information content (AvgIpc) is 3.64. The van der Waals surface area contributed by atoms with Crippen LogP contribution < -0.4 is 20.3 Å². The largest absolute Gasteiger partial charge is 0.372 e. The molecular formula is C28H42N4OS2. The van der Waals surface area contributed by atoms with Gasteiger partial charge in [-0.05, 0) is 60.9 Å². The number of hydrogen-bond acceptors (Lipinski definition) is 6. The molecule has 4 rings (SSSR count). The lowest BCUT2D eigenvalue weighted by atomic mass is 10.0. The molecule has 2 fully saturated rings. The second-order valence-corrected chi connectivity index (χ2v) is 11.5. The molecule has 2 aromatic rings. The Bertz CT molecular complexity index is 918. The maximum absolute atomic E-state index is 8.58. The minimum absolute atomic E-state index is 0.250. The quantitative estimate of drug-likeness (QED) is 0.162. The van der Waals surface area contributed by atoms with Gasteiger partial charge >= 0.3 is 0 Å². The summed E-state index contributed by atoms with van der Waals surface area (Å²) < 4.78 is 2.28. The maximum Gasteiger partial charge on any atom is 0.204 e. The first-order valence-corrected chi connectivity index (χ1v) is 15.0. The number of amides is 1. The lowest BCUT2D eigenvalue weighted by molar-refractivity contribution is -0.106. The third-order valence-corrected chi connectivity index (χ3v) is 8.71. The molecule has 2 aliphatic rings. The summed E-state index contributed by atoms with van der Waals surface area (Å²) in [6.07, 6.45) is 11.8. The molecule has 0 aromatic heterocycles. The van der Waals surface area contributed by atoms with Crippen molar-refractivity contribution in [2.75, 3.05) is 47.9 Å². The Hall–Kier alpha value is -1.83. The van der Waals surface area contributed by atoms with Crippen molar-refractivity contribution in [2.24, 2.45) is 5.73 Å². The molecule has 5 nitrogen and oxygen atoms in total. The van der Waals surface area contributed by atoms with E-state index in [4.69, 9.17) is 4.79 Å². The molecule has 0 bridgehead atoms. The SMILES string of the molecule is CCCCCCCSc1ccc(-c2cc(N3CCNC4(CC4)C3)ccc2N(C)SC)cc1.NC=O. The van der Waals surface area contributed by atoms with Gasteiger partial charge < -0.3 is 20.3 Å². The van der Waals surface area contributed by atoms with Gasteiger partial charge in [0.1, 0.15) is 0 Å². The molecule has 1 aliphatic carbocycles. The molecule has 2 aromatic carbocycles. The van der Waals surface area contributed by atoms with Crippen LogP contribution in [-0.2, 0) is 4.79 Å². The second-order valence-electron chi connectivity index (χ2n) is 9.43. The van der Waals surface area contributed by atoms with Crippen LogP contribution in [0.15, 0.2) is 47.4 Å². The molecular weight excluding hydrogens is 472 g/mol. The zero-order chi connectivity index (χ0) is 25.1. The highest BCUT2D eigenvalue weighted by Crippen LogP contribution is 2.41. The fraction of sp³-hybridized carbons (Fsp3) is 0.536. The molecule has 0 unspecified atom stereocenters. The number of primary amides is 1. The summed E-state index contributed by atoms with van der Waals surface area (Å²) >= 11 is 3.77. The Kier molecular flexibility index (Phi) is 11.1. The first kappa shape index (κ1) is 27.8. The molecule has 3 N–H and O–H groups in total. The molecule has 192 valence electrons. The summed E-state index contributed by atoms with van der Waals surface area (Å²) in [6, 6.07) is 16.3. The van der Waals surface area contributed by atoms with E-state index in [1.807, 2.05) is 11.8 Å². The smallest absolute Gasteiger partial charge is 0.204 e. The van der Waals surface area contributed by atoms with Crippen molar-refractivity contribution in [3.05, 3.63) is 42.5 Å². The van der Waals surface area contributed by atoms with Gasteiger partial charge in [-0.2, -0.15) is 0 Å². The summed E-state index contributed by atoms with van der Waals surface area (Å²) in [5.41, 5.74) is 9.85. The highest BCUT2D eigenvalue weighted by Gasteiger charge is 2.45. The van der Waals surface area contributed by atoms with Crippen LogP contribution in [-0.4, -0.2) is 50.6 Å². The Balaban J connectivity index is 0.00000108. The van der Waals surface area contributed by atoms with E-state index in [2.05, 4.69) is 82.9 Å². The van der Waals surface area contributed by atoms with Crippen molar-refractivity contribution >= 4 is 41.5 Å². The molecule has 1 aliphatic heterocycles. The fourth-order valence-corrected chi connectivity index (χ4v) is 5.88. The van der Waals surface area contributed by atoms with Crippen LogP contribution in [0, 0.1) is 0 Å². The summed E-state index contributed by atoms with van der Waals surface area (Å²) in [5, 5.41) is 3.74. The van der Waals surface area contributed by atoms with Gasteiger partial charge in [-0.25, -0.2) is 0 Å². The van der Waals surface area contributed by atoms with E-state index in [-0.39, 0.29) is 6.41 Å². The molecule has 35 heavy (non-hydrogen) atoms. The number of nitrogens with zero attached hydrogens (tertiary/aromatic N) is 2. The topological polar surface area (TPSA) is 61.6 Å². The summed E-state index contributed by atoms with van der Waals surface area (Å²) in [7, 11) is 2.16. The molecule has 1 heterocycles. The number of anilines is 2. The number of thioether (sulfide) groups is 1. The third-order valence-electron chi connectivity index (χ3n) is 6.87. The highest BCUT2D eigenvalue weighted by molar-refractivity contribution is 8.00. The number of nitrogens with one attached hydrogen (secondary N) is 1. The van der Waals surface area contributed by atoms with Crippen molar-refractivity contribution < 1.29 is 4.79 Å². The van der Waals surface area contributed by atoms with E-state index in [0.717, 1.165) is 19.6 Å². The van der Waals surface area contributed by atoms with Crippen LogP contribution in [0.3, 0.4) is 0 Å². The zero-order valence-corrected chi connectivity index (χ0v) is 23.2. The molecule has 1 spiro atoms. The number of rotatable bonds is 11. The number of benzene rings is 2. The van der Waals surface area contributed by atoms with Crippen LogP contribution in [0.1, 0.15) is 51.9 Å². The van der Waals surface area contributed by atoms with Crippen molar-refractivity contribution in [1.29, 1.82) is 0 Å². The van der Waals surface area contributed by atoms with Crippen LogP contribution in [0.4, 0.5) is 11.4 Å².